The van der Waals surface area contributed by atoms with Crippen LogP contribution in [0.3, 0.4) is 0 Å². The molecule has 0 atom stereocenters. The van der Waals surface area contributed by atoms with Crippen LogP contribution < -0.4 is 10.3 Å². The minimum Gasteiger partial charge on any atom is -0.378 e. The van der Waals surface area contributed by atoms with E-state index in [0.717, 1.165) is 50.9 Å². The van der Waals surface area contributed by atoms with Gasteiger partial charge in [0, 0.05) is 58.1 Å². The van der Waals surface area contributed by atoms with Crippen molar-refractivity contribution in [3.63, 3.8) is 0 Å². The van der Waals surface area contributed by atoms with Gasteiger partial charge >= 0.3 is 0 Å². The normalized spacial score (nSPS) is 15.2. The highest BCUT2D eigenvalue weighted by molar-refractivity contribution is 9.10. The maximum Gasteiger partial charge on any atom is 0.207 e. The number of H-pyrrole nitrogens is 3. The van der Waals surface area contributed by atoms with Crippen molar-refractivity contribution in [2.45, 2.75) is 0 Å². The molecule has 132 valence electrons. The van der Waals surface area contributed by atoms with Crippen molar-refractivity contribution in [1.29, 1.82) is 0 Å². The van der Waals surface area contributed by atoms with Gasteiger partial charge in [-0.1, -0.05) is 15.9 Å². The SMILES string of the molecule is O=c1cc(N2CCOCC2)[nH]c2c(-c3cc4cc[nH]c4cc3Br)c[nH]c12. The van der Waals surface area contributed by atoms with Crippen LogP contribution in [-0.4, -0.2) is 41.3 Å². The van der Waals surface area contributed by atoms with Gasteiger partial charge in [-0.15, -0.1) is 0 Å². The highest BCUT2D eigenvalue weighted by Gasteiger charge is 2.17. The van der Waals surface area contributed by atoms with Crippen molar-refractivity contribution in [1.82, 2.24) is 15.0 Å². The van der Waals surface area contributed by atoms with Crippen LogP contribution >= 0.6 is 15.9 Å². The zero-order valence-corrected chi connectivity index (χ0v) is 15.5. The third-order valence-corrected chi connectivity index (χ3v) is 5.59. The van der Waals surface area contributed by atoms with Crippen molar-refractivity contribution in [3.8, 4) is 11.1 Å². The Labute approximate surface area is 157 Å². The molecule has 3 N–H and O–H groups in total. The van der Waals surface area contributed by atoms with Crippen LogP contribution in [0.4, 0.5) is 5.82 Å². The van der Waals surface area contributed by atoms with E-state index in [9.17, 15) is 4.79 Å². The lowest BCUT2D eigenvalue weighted by molar-refractivity contribution is 0.122. The molecule has 1 saturated heterocycles. The minimum absolute atomic E-state index is 0.00895. The molecule has 0 aliphatic carbocycles. The summed E-state index contributed by atoms with van der Waals surface area (Å²) in [4.78, 5) is 24.6. The molecule has 1 aromatic carbocycles. The summed E-state index contributed by atoms with van der Waals surface area (Å²) < 4.78 is 6.39. The van der Waals surface area contributed by atoms with Crippen molar-refractivity contribution < 1.29 is 4.74 Å². The number of pyridine rings is 1. The summed E-state index contributed by atoms with van der Waals surface area (Å²) in [5, 5.41) is 1.13. The lowest BCUT2D eigenvalue weighted by Gasteiger charge is -2.28. The lowest BCUT2D eigenvalue weighted by Crippen LogP contribution is -2.37. The summed E-state index contributed by atoms with van der Waals surface area (Å²) in [7, 11) is 0. The molecule has 3 aromatic heterocycles. The standard InChI is InChI=1S/C19H17BrN4O2/c20-14-8-15-11(1-2-21-15)7-12(14)13-10-22-19-16(25)9-17(23-18(13)19)24-3-5-26-6-4-24/h1-2,7-10,21-22H,3-6H2,(H,23,25). The molecular formula is C19H17BrN4O2. The molecular weight excluding hydrogens is 396 g/mol. The molecule has 1 fully saturated rings. The molecule has 1 aliphatic rings. The number of hydrogen-bond acceptors (Lipinski definition) is 3. The van der Waals surface area contributed by atoms with E-state index in [4.69, 9.17) is 4.74 Å². The lowest BCUT2D eigenvalue weighted by atomic mass is 10.1. The second-order valence-electron chi connectivity index (χ2n) is 6.47. The van der Waals surface area contributed by atoms with Gasteiger partial charge in [0.05, 0.1) is 18.7 Å². The van der Waals surface area contributed by atoms with E-state index < -0.39 is 0 Å². The largest absolute Gasteiger partial charge is 0.378 e. The first-order valence-corrected chi connectivity index (χ1v) is 9.34. The van der Waals surface area contributed by atoms with E-state index in [1.165, 1.54) is 0 Å². The summed E-state index contributed by atoms with van der Waals surface area (Å²) in [5.41, 5.74) is 4.50. The Hall–Kier alpha value is -2.51. The van der Waals surface area contributed by atoms with E-state index >= 15 is 0 Å². The van der Waals surface area contributed by atoms with Gasteiger partial charge < -0.3 is 24.6 Å². The molecule has 5 rings (SSSR count). The number of fused-ring (bicyclic) bond motifs is 2. The van der Waals surface area contributed by atoms with Gasteiger partial charge in [-0.25, -0.2) is 0 Å². The Kier molecular flexibility index (Phi) is 3.65. The number of hydrogen-bond donors (Lipinski definition) is 3. The van der Waals surface area contributed by atoms with Crippen LogP contribution in [0.5, 0.6) is 0 Å². The molecule has 0 unspecified atom stereocenters. The summed E-state index contributed by atoms with van der Waals surface area (Å²) in [6, 6.07) is 7.89. The molecule has 0 saturated carbocycles. The minimum atomic E-state index is -0.00895. The molecule has 4 aromatic rings. The zero-order valence-electron chi connectivity index (χ0n) is 13.9. The summed E-state index contributed by atoms with van der Waals surface area (Å²) in [5.74, 6) is 0.838. The predicted molar refractivity (Wildman–Crippen MR) is 107 cm³/mol. The summed E-state index contributed by atoms with van der Waals surface area (Å²) in [6.45, 7) is 2.91. The van der Waals surface area contributed by atoms with Crippen molar-refractivity contribution in [3.05, 3.63) is 51.4 Å². The van der Waals surface area contributed by atoms with E-state index in [-0.39, 0.29) is 5.43 Å². The molecule has 0 radical (unpaired) electrons. The van der Waals surface area contributed by atoms with Crippen molar-refractivity contribution in [2.24, 2.45) is 0 Å². The van der Waals surface area contributed by atoms with Gasteiger partial charge in [0.15, 0.2) is 0 Å². The number of aromatic amines is 3. The van der Waals surface area contributed by atoms with Crippen LogP contribution in [-0.2, 0) is 4.74 Å². The van der Waals surface area contributed by atoms with E-state index in [1.54, 1.807) is 6.07 Å². The van der Waals surface area contributed by atoms with Gasteiger partial charge in [-0.05, 0) is 18.2 Å². The Morgan fingerprint density at radius 3 is 2.73 bits per heavy atom. The fraction of sp³-hybridized carbons (Fsp3) is 0.211. The molecule has 7 heteroatoms. The molecule has 1 aliphatic heterocycles. The number of anilines is 1. The van der Waals surface area contributed by atoms with E-state index in [0.29, 0.717) is 18.7 Å². The number of nitrogens with one attached hydrogen (secondary N) is 3. The second-order valence-corrected chi connectivity index (χ2v) is 7.32. The average molecular weight is 413 g/mol. The maximum atomic E-state index is 12.6. The fourth-order valence-electron chi connectivity index (χ4n) is 3.58. The van der Waals surface area contributed by atoms with Gasteiger partial charge in [-0.2, -0.15) is 0 Å². The summed E-state index contributed by atoms with van der Waals surface area (Å²) >= 11 is 3.67. The molecule has 0 bridgehead atoms. The topological polar surface area (TPSA) is 76.9 Å². The van der Waals surface area contributed by atoms with Gasteiger partial charge in [-0.3, -0.25) is 4.79 Å². The second kappa shape index (κ2) is 6.03. The number of morpholine rings is 1. The van der Waals surface area contributed by atoms with Crippen molar-refractivity contribution in [2.75, 3.05) is 31.2 Å². The number of rotatable bonds is 2. The highest BCUT2D eigenvalue weighted by atomic mass is 79.9. The molecule has 26 heavy (non-hydrogen) atoms. The first kappa shape index (κ1) is 15.7. The Morgan fingerprint density at radius 2 is 1.88 bits per heavy atom. The Balaban J connectivity index is 1.71. The number of aromatic nitrogens is 3. The van der Waals surface area contributed by atoms with Crippen LogP contribution in [0, 0.1) is 0 Å². The monoisotopic (exact) mass is 412 g/mol. The Bertz CT molecular complexity index is 1170. The van der Waals surface area contributed by atoms with Crippen molar-refractivity contribution >= 4 is 43.7 Å². The maximum absolute atomic E-state index is 12.6. The predicted octanol–water partition coefficient (Wildman–Crippen LogP) is 3.60. The van der Waals surface area contributed by atoms with Gasteiger partial charge in [0.2, 0.25) is 5.43 Å². The van der Waals surface area contributed by atoms with E-state index in [2.05, 4.69) is 47.9 Å². The molecule has 4 heterocycles. The van der Waals surface area contributed by atoms with Gasteiger partial charge in [0.25, 0.3) is 0 Å². The molecule has 6 nitrogen and oxygen atoms in total. The van der Waals surface area contributed by atoms with Gasteiger partial charge in [0.1, 0.15) is 11.3 Å². The molecule has 0 spiro atoms. The third-order valence-electron chi connectivity index (χ3n) is 4.93. The number of benzene rings is 1. The average Bonchev–Trinajstić information content (AvgIpc) is 3.28. The Morgan fingerprint density at radius 1 is 1.04 bits per heavy atom. The highest BCUT2D eigenvalue weighted by Crippen LogP contribution is 2.35. The first-order valence-electron chi connectivity index (χ1n) is 8.55. The van der Waals surface area contributed by atoms with Crippen LogP contribution in [0.1, 0.15) is 0 Å². The first-order chi connectivity index (χ1) is 12.7. The third kappa shape index (κ3) is 2.47. The number of ether oxygens (including phenoxy) is 1. The number of halogens is 1. The fourth-order valence-corrected chi connectivity index (χ4v) is 4.13. The number of nitrogens with zero attached hydrogens (tertiary/aromatic N) is 1. The summed E-state index contributed by atoms with van der Waals surface area (Å²) in [6.07, 6.45) is 3.82. The van der Waals surface area contributed by atoms with Crippen LogP contribution in [0.25, 0.3) is 33.1 Å². The van der Waals surface area contributed by atoms with Crippen LogP contribution in [0.2, 0.25) is 0 Å². The van der Waals surface area contributed by atoms with E-state index in [1.807, 2.05) is 18.5 Å². The smallest absolute Gasteiger partial charge is 0.207 e. The quantitative estimate of drug-likeness (QED) is 0.470. The zero-order chi connectivity index (χ0) is 17.7. The van der Waals surface area contributed by atoms with Crippen LogP contribution in [0.15, 0.2) is 45.9 Å². The molecule has 0 amide bonds.